The van der Waals surface area contributed by atoms with E-state index in [0.717, 1.165) is 10.2 Å². The Balaban J connectivity index is 1.73. The number of fused-ring (bicyclic) bond motifs is 1. The molecule has 152 valence electrons. The van der Waals surface area contributed by atoms with Crippen molar-refractivity contribution in [2.24, 2.45) is 0 Å². The Morgan fingerprint density at radius 1 is 1.07 bits per heavy atom. The van der Waals surface area contributed by atoms with Gasteiger partial charge in [-0.25, -0.2) is 18.3 Å². The summed E-state index contributed by atoms with van der Waals surface area (Å²) in [7, 11) is 3.84. The zero-order valence-corrected chi connectivity index (χ0v) is 16.4. The molecular weight excluding hydrogens is 388 g/mol. The fraction of sp³-hybridized carbons (Fsp3) is 0.136. The van der Waals surface area contributed by atoms with Crippen LogP contribution in [-0.2, 0) is 0 Å². The van der Waals surface area contributed by atoms with Crippen LogP contribution in [0.3, 0.4) is 0 Å². The average molecular weight is 407 g/mol. The Hall–Kier alpha value is -3.81. The molecule has 0 spiro atoms. The molecule has 2 aromatic carbocycles. The Labute approximate surface area is 171 Å². The predicted octanol–water partition coefficient (Wildman–Crippen LogP) is 4.65. The summed E-state index contributed by atoms with van der Waals surface area (Å²) in [5.74, 6) is -0.472. The second kappa shape index (κ2) is 7.90. The topological polar surface area (TPSA) is 62.5 Å². The van der Waals surface area contributed by atoms with E-state index in [-0.39, 0.29) is 16.9 Å². The Morgan fingerprint density at radius 2 is 1.77 bits per heavy atom. The van der Waals surface area contributed by atoms with Gasteiger partial charge in [-0.3, -0.25) is 4.79 Å². The highest BCUT2D eigenvalue weighted by Crippen LogP contribution is 2.27. The van der Waals surface area contributed by atoms with Gasteiger partial charge >= 0.3 is 0 Å². The molecule has 0 aliphatic heterocycles. The number of halogens is 2. The monoisotopic (exact) mass is 407 g/mol. The lowest BCUT2D eigenvalue weighted by atomic mass is 10.1. The quantitative estimate of drug-likeness (QED) is 0.523. The molecule has 0 atom stereocenters. The van der Waals surface area contributed by atoms with Crippen LogP contribution >= 0.6 is 0 Å². The van der Waals surface area contributed by atoms with E-state index < -0.39 is 12.3 Å². The lowest BCUT2D eigenvalue weighted by Gasteiger charge is -2.13. The molecular formula is C22H19F2N5O. The van der Waals surface area contributed by atoms with E-state index in [0.29, 0.717) is 16.9 Å². The molecule has 0 radical (unpaired) electrons. The van der Waals surface area contributed by atoms with Crippen molar-refractivity contribution in [2.45, 2.75) is 6.43 Å². The molecule has 2 aromatic heterocycles. The standard InChI is InChI=1S/C22H19F2N5O/c1-28(2)16-10-8-15(9-11-16)26-22(30)17-13-25-29-19(20(23)24)12-18(27-21(17)29)14-6-4-3-5-7-14/h3-13,20H,1-2H3,(H,26,30). The second-order valence-corrected chi connectivity index (χ2v) is 6.92. The average Bonchev–Trinajstić information content (AvgIpc) is 3.18. The summed E-state index contributed by atoms with van der Waals surface area (Å²) in [6.07, 6.45) is -1.51. The molecule has 4 aromatic rings. The number of anilines is 2. The largest absolute Gasteiger partial charge is 0.378 e. The normalized spacial score (nSPS) is 11.1. The van der Waals surface area contributed by atoms with E-state index in [1.807, 2.05) is 37.2 Å². The van der Waals surface area contributed by atoms with Crippen LogP contribution in [0.4, 0.5) is 20.2 Å². The lowest BCUT2D eigenvalue weighted by Crippen LogP contribution is -2.13. The van der Waals surface area contributed by atoms with E-state index in [4.69, 9.17) is 0 Å². The van der Waals surface area contributed by atoms with E-state index in [1.165, 1.54) is 12.3 Å². The third kappa shape index (κ3) is 3.71. The van der Waals surface area contributed by atoms with Crippen LogP contribution in [-0.4, -0.2) is 34.6 Å². The minimum Gasteiger partial charge on any atom is -0.378 e. The fourth-order valence-corrected chi connectivity index (χ4v) is 3.10. The number of rotatable bonds is 5. The van der Waals surface area contributed by atoms with E-state index >= 15 is 0 Å². The van der Waals surface area contributed by atoms with Crippen LogP contribution in [0.5, 0.6) is 0 Å². The van der Waals surface area contributed by atoms with Gasteiger partial charge in [-0.2, -0.15) is 5.10 Å². The van der Waals surface area contributed by atoms with Crippen molar-refractivity contribution < 1.29 is 13.6 Å². The first-order valence-corrected chi connectivity index (χ1v) is 9.25. The Kier molecular flexibility index (Phi) is 5.14. The first-order chi connectivity index (χ1) is 14.4. The highest BCUT2D eigenvalue weighted by atomic mass is 19.3. The number of hydrogen-bond acceptors (Lipinski definition) is 4. The van der Waals surface area contributed by atoms with Gasteiger partial charge in [0.2, 0.25) is 0 Å². The molecule has 6 nitrogen and oxygen atoms in total. The molecule has 0 unspecified atom stereocenters. The minimum absolute atomic E-state index is 0.0778. The molecule has 0 saturated carbocycles. The van der Waals surface area contributed by atoms with Crippen molar-refractivity contribution in [1.29, 1.82) is 0 Å². The molecule has 0 aliphatic carbocycles. The highest BCUT2D eigenvalue weighted by Gasteiger charge is 2.21. The molecule has 4 rings (SSSR count). The molecule has 0 saturated heterocycles. The summed E-state index contributed by atoms with van der Waals surface area (Å²) in [5, 5.41) is 6.75. The van der Waals surface area contributed by atoms with Gasteiger partial charge < -0.3 is 10.2 Å². The van der Waals surface area contributed by atoms with E-state index in [9.17, 15) is 13.6 Å². The number of amides is 1. The first kappa shape index (κ1) is 19.5. The third-order valence-electron chi connectivity index (χ3n) is 4.68. The third-order valence-corrected chi connectivity index (χ3v) is 4.68. The maximum Gasteiger partial charge on any atom is 0.280 e. The summed E-state index contributed by atoms with van der Waals surface area (Å²) >= 11 is 0. The van der Waals surface area contributed by atoms with Crippen molar-refractivity contribution in [1.82, 2.24) is 14.6 Å². The van der Waals surface area contributed by atoms with Gasteiger partial charge in [0.1, 0.15) is 11.3 Å². The summed E-state index contributed by atoms with van der Waals surface area (Å²) in [6, 6.07) is 17.5. The van der Waals surface area contributed by atoms with Gasteiger partial charge in [0, 0.05) is 31.0 Å². The number of aromatic nitrogens is 3. The van der Waals surface area contributed by atoms with Gasteiger partial charge in [-0.15, -0.1) is 0 Å². The molecule has 0 bridgehead atoms. The Bertz CT molecular complexity index is 1190. The van der Waals surface area contributed by atoms with Gasteiger partial charge in [0.15, 0.2) is 5.65 Å². The summed E-state index contributed by atoms with van der Waals surface area (Å²) in [6.45, 7) is 0. The predicted molar refractivity (Wildman–Crippen MR) is 112 cm³/mol. The smallest absolute Gasteiger partial charge is 0.280 e. The van der Waals surface area contributed by atoms with E-state index in [1.54, 1.807) is 36.4 Å². The molecule has 0 fully saturated rings. The van der Waals surface area contributed by atoms with Crippen LogP contribution in [0.15, 0.2) is 66.9 Å². The number of nitrogens with one attached hydrogen (secondary N) is 1. The molecule has 8 heteroatoms. The van der Waals surface area contributed by atoms with Crippen LogP contribution in [0, 0.1) is 0 Å². The zero-order chi connectivity index (χ0) is 21.3. The van der Waals surface area contributed by atoms with Gasteiger partial charge in [-0.1, -0.05) is 30.3 Å². The maximum atomic E-state index is 13.7. The first-order valence-electron chi connectivity index (χ1n) is 9.25. The van der Waals surface area contributed by atoms with Crippen LogP contribution < -0.4 is 10.2 Å². The second-order valence-electron chi connectivity index (χ2n) is 6.92. The number of benzene rings is 2. The van der Waals surface area contributed by atoms with Crippen LogP contribution in [0.1, 0.15) is 22.5 Å². The summed E-state index contributed by atoms with van der Waals surface area (Å²) in [5.41, 5.74) is 2.46. The maximum absolute atomic E-state index is 13.7. The SMILES string of the molecule is CN(C)c1ccc(NC(=O)c2cnn3c(C(F)F)cc(-c4ccccc4)nc23)cc1. The van der Waals surface area contributed by atoms with Crippen molar-refractivity contribution >= 4 is 22.9 Å². The number of carbonyl (C=O) groups excluding carboxylic acids is 1. The van der Waals surface area contributed by atoms with Gasteiger partial charge in [0.25, 0.3) is 12.3 Å². The van der Waals surface area contributed by atoms with Crippen molar-refractivity contribution in [2.75, 3.05) is 24.3 Å². The summed E-state index contributed by atoms with van der Waals surface area (Å²) < 4.78 is 28.3. The minimum atomic E-state index is -2.77. The van der Waals surface area contributed by atoms with Crippen molar-refractivity contribution in [3.63, 3.8) is 0 Å². The molecule has 0 aliphatic rings. The lowest BCUT2D eigenvalue weighted by molar-refractivity contribution is 0.102. The number of alkyl halides is 2. The molecule has 30 heavy (non-hydrogen) atoms. The number of hydrogen-bond donors (Lipinski definition) is 1. The number of carbonyl (C=O) groups is 1. The van der Waals surface area contributed by atoms with Crippen LogP contribution in [0.25, 0.3) is 16.9 Å². The highest BCUT2D eigenvalue weighted by molar-refractivity contribution is 6.08. The molecule has 1 amide bonds. The zero-order valence-electron chi connectivity index (χ0n) is 16.4. The van der Waals surface area contributed by atoms with Crippen molar-refractivity contribution in [3.05, 3.63) is 78.1 Å². The fourth-order valence-electron chi connectivity index (χ4n) is 3.10. The van der Waals surface area contributed by atoms with Gasteiger partial charge in [-0.05, 0) is 30.3 Å². The molecule has 1 N–H and O–H groups in total. The van der Waals surface area contributed by atoms with E-state index in [2.05, 4.69) is 15.4 Å². The van der Waals surface area contributed by atoms with Crippen LogP contribution in [0.2, 0.25) is 0 Å². The number of nitrogens with zero attached hydrogens (tertiary/aromatic N) is 4. The summed E-state index contributed by atoms with van der Waals surface area (Å²) in [4.78, 5) is 19.2. The van der Waals surface area contributed by atoms with Crippen molar-refractivity contribution in [3.8, 4) is 11.3 Å². The van der Waals surface area contributed by atoms with Gasteiger partial charge in [0.05, 0.1) is 11.9 Å². The molecule has 2 heterocycles. The Morgan fingerprint density at radius 3 is 2.40 bits per heavy atom.